The molecular formula is C32H34N2O5. The molecule has 3 aromatic rings. The van der Waals surface area contributed by atoms with Gasteiger partial charge < -0.3 is 19.9 Å². The third kappa shape index (κ3) is 6.94. The van der Waals surface area contributed by atoms with Crippen molar-refractivity contribution in [1.29, 1.82) is 0 Å². The lowest BCUT2D eigenvalue weighted by Crippen LogP contribution is -2.41. The van der Waals surface area contributed by atoms with Crippen LogP contribution >= 0.6 is 0 Å². The summed E-state index contributed by atoms with van der Waals surface area (Å²) in [5.74, 6) is 0.390. The number of nitrogens with zero attached hydrogens (tertiary/aromatic N) is 1. The lowest BCUT2D eigenvalue weighted by atomic mass is 9.98. The maximum atomic E-state index is 12.9. The first kappa shape index (κ1) is 27.7. The maximum Gasteiger partial charge on any atom is 0.336 e. The summed E-state index contributed by atoms with van der Waals surface area (Å²) in [6.07, 6.45) is 3.61. The summed E-state index contributed by atoms with van der Waals surface area (Å²) in [6, 6.07) is 22.6. The van der Waals surface area contributed by atoms with Gasteiger partial charge in [0.15, 0.2) is 0 Å². The van der Waals surface area contributed by atoms with Gasteiger partial charge in [0.25, 0.3) is 5.91 Å². The number of ether oxygens (including phenoxy) is 2. The number of aromatic carboxylic acids is 1. The molecule has 1 atom stereocenters. The Hall–Kier alpha value is -4.36. The molecule has 0 spiro atoms. The predicted molar refractivity (Wildman–Crippen MR) is 151 cm³/mol. The number of carbonyl (C=O) groups excluding carboxylic acids is 1. The molecule has 7 nitrogen and oxygen atoms in total. The molecule has 2 N–H and O–H groups in total. The molecule has 1 heterocycles. The molecule has 0 aromatic heterocycles. The Morgan fingerprint density at radius 2 is 1.85 bits per heavy atom. The zero-order valence-corrected chi connectivity index (χ0v) is 22.5. The number of methoxy groups -OCH3 is 1. The van der Waals surface area contributed by atoms with Crippen LogP contribution in [0.4, 0.5) is 0 Å². The number of hydrogen-bond acceptors (Lipinski definition) is 5. The number of morpholine rings is 1. The third-order valence-electron chi connectivity index (χ3n) is 6.87. The van der Waals surface area contributed by atoms with Crippen molar-refractivity contribution in [3.63, 3.8) is 0 Å². The van der Waals surface area contributed by atoms with E-state index in [2.05, 4.69) is 17.1 Å². The molecule has 4 rings (SSSR count). The molecule has 202 valence electrons. The van der Waals surface area contributed by atoms with E-state index in [1.807, 2.05) is 73.7 Å². The smallest absolute Gasteiger partial charge is 0.336 e. The van der Waals surface area contributed by atoms with Gasteiger partial charge in [-0.2, -0.15) is 0 Å². The molecule has 1 saturated heterocycles. The number of nitrogens with one attached hydrogen (secondary N) is 1. The normalized spacial score (nSPS) is 16.9. The fourth-order valence-corrected chi connectivity index (χ4v) is 4.60. The van der Waals surface area contributed by atoms with Gasteiger partial charge >= 0.3 is 5.97 Å². The Morgan fingerprint density at radius 1 is 1.08 bits per heavy atom. The van der Waals surface area contributed by atoms with Crippen LogP contribution in [0.5, 0.6) is 5.75 Å². The number of carbonyl (C=O) groups is 2. The largest absolute Gasteiger partial charge is 0.497 e. The molecule has 1 aliphatic heterocycles. The number of hydrogen-bond donors (Lipinski definition) is 2. The molecule has 0 aliphatic carbocycles. The molecule has 7 heteroatoms. The fraction of sp³-hybridized carbons (Fsp3) is 0.250. The van der Waals surface area contributed by atoms with E-state index in [-0.39, 0.29) is 17.5 Å². The van der Waals surface area contributed by atoms with E-state index >= 15 is 0 Å². The molecule has 39 heavy (non-hydrogen) atoms. The number of allylic oxidation sites excluding steroid dienone is 1. The van der Waals surface area contributed by atoms with Gasteiger partial charge in [-0.15, -0.1) is 0 Å². The average molecular weight is 527 g/mol. The standard InChI is InChI=1S/C32H34N2O5/c1-4-25(31(35)33-20-24-8-7-9-27(18-24)38-3)19-30-22(2)34(16-17-39-30)21-23-12-14-26(15-13-23)28-10-5-6-11-29(28)32(36)37/h4-15,18-19,22H,16-17,20-21H2,1-3H3,(H,33,35)(H,36,37)/b25-4+,30-19+. The van der Waals surface area contributed by atoms with Crippen LogP contribution in [-0.2, 0) is 22.6 Å². The van der Waals surface area contributed by atoms with Gasteiger partial charge in [-0.3, -0.25) is 9.69 Å². The summed E-state index contributed by atoms with van der Waals surface area (Å²) in [5.41, 5.74) is 4.46. The van der Waals surface area contributed by atoms with Crippen LogP contribution < -0.4 is 10.1 Å². The molecular weight excluding hydrogens is 492 g/mol. The molecule has 0 radical (unpaired) electrons. The minimum absolute atomic E-state index is 0.0210. The highest BCUT2D eigenvalue weighted by atomic mass is 16.5. The summed E-state index contributed by atoms with van der Waals surface area (Å²) in [7, 11) is 1.62. The van der Waals surface area contributed by atoms with E-state index in [1.165, 1.54) is 0 Å². The molecule has 1 aliphatic rings. The number of carboxylic acids is 1. The first-order valence-electron chi connectivity index (χ1n) is 13.0. The van der Waals surface area contributed by atoms with E-state index in [1.54, 1.807) is 25.3 Å². The zero-order chi connectivity index (χ0) is 27.8. The Morgan fingerprint density at radius 3 is 2.56 bits per heavy atom. The monoisotopic (exact) mass is 526 g/mol. The van der Waals surface area contributed by atoms with Crippen molar-refractivity contribution in [2.45, 2.75) is 33.0 Å². The minimum Gasteiger partial charge on any atom is -0.497 e. The van der Waals surface area contributed by atoms with Crippen LogP contribution in [0.3, 0.4) is 0 Å². The van der Waals surface area contributed by atoms with Crippen LogP contribution in [0, 0.1) is 0 Å². The number of carboxylic acid groups (broad SMARTS) is 1. The van der Waals surface area contributed by atoms with Crippen molar-refractivity contribution in [2.75, 3.05) is 20.3 Å². The first-order valence-corrected chi connectivity index (χ1v) is 13.0. The quantitative estimate of drug-likeness (QED) is 0.362. The lowest BCUT2D eigenvalue weighted by molar-refractivity contribution is -0.117. The maximum absolute atomic E-state index is 12.9. The Bertz CT molecular complexity index is 1380. The van der Waals surface area contributed by atoms with Gasteiger partial charge in [0.05, 0.1) is 18.7 Å². The van der Waals surface area contributed by atoms with Crippen molar-refractivity contribution in [1.82, 2.24) is 10.2 Å². The summed E-state index contributed by atoms with van der Waals surface area (Å²) in [5, 5.41) is 12.5. The van der Waals surface area contributed by atoms with Crippen molar-refractivity contribution >= 4 is 11.9 Å². The van der Waals surface area contributed by atoms with Crippen molar-refractivity contribution < 1.29 is 24.2 Å². The van der Waals surface area contributed by atoms with Gasteiger partial charge in [0.1, 0.15) is 18.1 Å². The highest BCUT2D eigenvalue weighted by molar-refractivity contribution is 5.96. The van der Waals surface area contributed by atoms with E-state index in [4.69, 9.17) is 9.47 Å². The second-order valence-electron chi connectivity index (χ2n) is 9.37. The van der Waals surface area contributed by atoms with Gasteiger partial charge in [0.2, 0.25) is 0 Å². The SMILES string of the molecule is C/C=C(\C=C1\OCCN(Cc2ccc(-c3ccccc3C(=O)O)cc2)C1C)C(=O)NCc1cccc(OC)c1. The Kier molecular flexibility index (Phi) is 9.18. The molecule has 1 fully saturated rings. The van der Waals surface area contributed by atoms with E-state index in [0.29, 0.717) is 30.8 Å². The van der Waals surface area contributed by atoms with Crippen molar-refractivity contribution in [3.8, 4) is 16.9 Å². The Balaban J connectivity index is 1.41. The number of benzene rings is 3. The molecule has 1 amide bonds. The minimum atomic E-state index is -0.939. The van der Waals surface area contributed by atoms with Crippen molar-refractivity contribution in [2.24, 2.45) is 0 Å². The predicted octanol–water partition coefficient (Wildman–Crippen LogP) is 5.43. The highest BCUT2D eigenvalue weighted by Gasteiger charge is 2.25. The summed E-state index contributed by atoms with van der Waals surface area (Å²) < 4.78 is 11.2. The third-order valence-corrected chi connectivity index (χ3v) is 6.87. The van der Waals surface area contributed by atoms with E-state index in [9.17, 15) is 14.7 Å². The molecule has 0 saturated carbocycles. The number of rotatable bonds is 9. The second kappa shape index (κ2) is 12.9. The van der Waals surface area contributed by atoms with Crippen LogP contribution in [0.25, 0.3) is 11.1 Å². The van der Waals surface area contributed by atoms with Crippen LogP contribution in [0.1, 0.15) is 35.3 Å². The Labute approximate surface area is 229 Å². The highest BCUT2D eigenvalue weighted by Crippen LogP contribution is 2.26. The van der Waals surface area contributed by atoms with Gasteiger partial charge in [-0.05, 0) is 60.4 Å². The van der Waals surface area contributed by atoms with Crippen molar-refractivity contribution in [3.05, 3.63) is 113 Å². The van der Waals surface area contributed by atoms with E-state index < -0.39 is 5.97 Å². The van der Waals surface area contributed by atoms with Gasteiger partial charge in [-0.25, -0.2) is 4.79 Å². The van der Waals surface area contributed by atoms with Crippen LogP contribution in [-0.4, -0.2) is 48.2 Å². The zero-order valence-electron chi connectivity index (χ0n) is 22.5. The van der Waals surface area contributed by atoms with Gasteiger partial charge in [-0.1, -0.05) is 60.7 Å². The fourth-order valence-electron chi connectivity index (χ4n) is 4.60. The topological polar surface area (TPSA) is 88.1 Å². The van der Waals surface area contributed by atoms with Gasteiger partial charge in [0, 0.05) is 25.2 Å². The van der Waals surface area contributed by atoms with Crippen LogP contribution in [0.15, 0.2) is 96.3 Å². The van der Waals surface area contributed by atoms with Crippen LogP contribution in [0.2, 0.25) is 0 Å². The summed E-state index contributed by atoms with van der Waals surface area (Å²) in [4.78, 5) is 26.8. The molecule has 3 aromatic carbocycles. The average Bonchev–Trinajstić information content (AvgIpc) is 2.96. The summed E-state index contributed by atoms with van der Waals surface area (Å²) in [6.45, 7) is 6.30. The number of amides is 1. The molecule has 1 unspecified atom stereocenters. The molecule has 0 bridgehead atoms. The first-order chi connectivity index (χ1) is 18.9. The lowest BCUT2D eigenvalue weighted by Gasteiger charge is -2.35. The summed E-state index contributed by atoms with van der Waals surface area (Å²) >= 11 is 0. The second-order valence-corrected chi connectivity index (χ2v) is 9.37. The van der Waals surface area contributed by atoms with E-state index in [0.717, 1.165) is 34.7 Å².